The van der Waals surface area contributed by atoms with Crippen LogP contribution in [0.2, 0.25) is 0 Å². The molecule has 0 saturated carbocycles. The van der Waals surface area contributed by atoms with E-state index in [-0.39, 0.29) is 50.9 Å². The summed E-state index contributed by atoms with van der Waals surface area (Å²) in [6.07, 6.45) is 9.48. The first kappa shape index (κ1) is 88.4. The molecule has 20 nitrogen and oxygen atoms in total. The van der Waals surface area contributed by atoms with E-state index in [4.69, 9.17) is 115 Å². The van der Waals surface area contributed by atoms with Crippen LogP contribution in [0.1, 0.15) is 225 Å². The first-order chi connectivity index (χ1) is 46.0. The molecular formula is C72H134Cl3NO19. The maximum atomic E-state index is 13.7. The summed E-state index contributed by atoms with van der Waals surface area (Å²) in [7, 11) is 0. The molecule has 0 aromatic carbocycles. The molecule has 3 aliphatic heterocycles. The minimum absolute atomic E-state index is 0.0105. The number of hydrogen-bond donors (Lipinski definition) is 1. The van der Waals surface area contributed by atoms with Gasteiger partial charge < -0.3 is 85.8 Å². The zero-order valence-corrected chi connectivity index (χ0v) is 63.4. The Morgan fingerprint density at radius 3 is 1.52 bits per heavy atom. The normalized spacial score (nSPS) is 26.4. The molecule has 0 aliphatic carbocycles. The van der Waals surface area contributed by atoms with Crippen molar-refractivity contribution in [3.05, 3.63) is 0 Å². The van der Waals surface area contributed by atoms with E-state index in [0.717, 1.165) is 116 Å². The fourth-order valence-corrected chi connectivity index (χ4v) is 12.1. The molecule has 3 saturated heterocycles. The summed E-state index contributed by atoms with van der Waals surface area (Å²) in [6, 6.07) is 0. The number of hydrogen-bond acceptors (Lipinski definition) is 19. The fraction of sp³-hybridized carbons (Fsp3) is 0.972. The second-order valence-corrected chi connectivity index (χ2v) is 28.6. The Morgan fingerprint density at radius 1 is 0.495 bits per heavy atom. The maximum Gasteiger partial charge on any atom is 0.332 e. The number of amides is 1. The Morgan fingerprint density at radius 2 is 0.979 bits per heavy atom. The molecule has 0 spiro atoms. The summed E-state index contributed by atoms with van der Waals surface area (Å²) in [6.45, 7) is 32.5. The molecule has 1 N–H and O–H groups in total. The van der Waals surface area contributed by atoms with E-state index < -0.39 is 114 Å². The van der Waals surface area contributed by atoms with Crippen LogP contribution in [0.25, 0.3) is 0 Å². The third-order valence-corrected chi connectivity index (χ3v) is 17.8. The summed E-state index contributed by atoms with van der Waals surface area (Å²) in [5.74, 6) is -1.32. The SMILES string of the molecule is CCCCOCC1OC(CC2C(OCCCC)C(CC)OC(OC3CCOC(CNC(=O)COCCOCC(=O)OCC(Cl)(Cl)Cl)C3OC(C)C(OCCCC)C(OCCCC)C(OCCCC)C(C)C)C2OCCCC)C(OCCCC)C(OCCCC)C1OCCCC. The van der Waals surface area contributed by atoms with Crippen LogP contribution in [-0.4, -0.2) is 226 Å². The third-order valence-electron chi connectivity index (χ3n) is 17.5. The second kappa shape index (κ2) is 53.9. The minimum atomic E-state index is -1.74. The van der Waals surface area contributed by atoms with E-state index in [1.54, 1.807) is 0 Å². The summed E-state index contributed by atoms with van der Waals surface area (Å²) >= 11 is 17.1. The monoisotopic (exact) mass is 1420 g/mol. The summed E-state index contributed by atoms with van der Waals surface area (Å²) < 4.78 is 113. The quantitative estimate of drug-likeness (QED) is 0.0342. The predicted molar refractivity (Wildman–Crippen MR) is 373 cm³/mol. The lowest BCUT2D eigenvalue weighted by Crippen LogP contribution is -2.64. The van der Waals surface area contributed by atoms with Gasteiger partial charge in [-0.1, -0.05) is 176 Å². The number of carbonyl (C=O) groups excluding carboxylic acids is 2. The lowest BCUT2D eigenvalue weighted by molar-refractivity contribution is -0.336. The Kier molecular flexibility index (Phi) is 50.2. The molecule has 0 aromatic rings. The van der Waals surface area contributed by atoms with E-state index in [9.17, 15) is 9.59 Å². The van der Waals surface area contributed by atoms with Gasteiger partial charge in [0.25, 0.3) is 0 Å². The molecule has 0 radical (unpaired) electrons. The molecule has 17 unspecified atom stereocenters. The molecule has 95 heavy (non-hydrogen) atoms. The van der Waals surface area contributed by atoms with E-state index in [2.05, 4.69) is 88.4 Å². The summed E-state index contributed by atoms with van der Waals surface area (Å²) in [5, 5.41) is 3.05. The highest BCUT2D eigenvalue weighted by Gasteiger charge is 2.55. The highest BCUT2D eigenvalue weighted by molar-refractivity contribution is 6.67. The van der Waals surface area contributed by atoms with Crippen LogP contribution >= 0.6 is 34.8 Å². The van der Waals surface area contributed by atoms with Gasteiger partial charge in [-0.05, 0) is 89.9 Å². The van der Waals surface area contributed by atoms with Crippen molar-refractivity contribution < 1.29 is 90.1 Å². The van der Waals surface area contributed by atoms with Crippen LogP contribution in [0.15, 0.2) is 0 Å². The lowest BCUT2D eigenvalue weighted by Gasteiger charge is -2.51. The highest BCUT2D eigenvalue weighted by Crippen LogP contribution is 2.42. The molecule has 1 amide bonds. The number of alkyl halides is 3. The molecule has 3 aliphatic rings. The molecule has 0 aromatic heterocycles. The number of esters is 1. The van der Waals surface area contributed by atoms with Crippen molar-refractivity contribution in [2.45, 2.75) is 326 Å². The first-order valence-electron chi connectivity index (χ1n) is 37.4. The number of rotatable bonds is 58. The number of ether oxygens (including phenoxy) is 17. The molecule has 3 heterocycles. The van der Waals surface area contributed by atoms with Crippen molar-refractivity contribution in [1.29, 1.82) is 0 Å². The van der Waals surface area contributed by atoms with Gasteiger partial charge >= 0.3 is 5.97 Å². The van der Waals surface area contributed by atoms with Gasteiger partial charge in [-0.2, -0.15) is 0 Å². The van der Waals surface area contributed by atoms with Gasteiger partial charge in [0, 0.05) is 78.5 Å². The average molecular weight is 1420 g/mol. The maximum absolute atomic E-state index is 13.7. The average Bonchev–Trinajstić information content (AvgIpc) is 0.775. The molecule has 562 valence electrons. The van der Waals surface area contributed by atoms with Crippen molar-refractivity contribution in [3.8, 4) is 0 Å². The first-order valence-corrected chi connectivity index (χ1v) is 38.5. The highest BCUT2D eigenvalue weighted by atomic mass is 35.6. The van der Waals surface area contributed by atoms with Crippen LogP contribution in [-0.2, 0) is 90.1 Å². The predicted octanol–water partition coefficient (Wildman–Crippen LogP) is 13.9. The van der Waals surface area contributed by atoms with Crippen molar-refractivity contribution >= 4 is 46.7 Å². The topological polar surface area (TPSA) is 203 Å². The Bertz CT molecular complexity index is 1870. The molecule has 17 atom stereocenters. The number of halogens is 3. The van der Waals surface area contributed by atoms with Crippen molar-refractivity contribution in [3.63, 3.8) is 0 Å². The van der Waals surface area contributed by atoms with Crippen LogP contribution in [0.5, 0.6) is 0 Å². The van der Waals surface area contributed by atoms with Gasteiger partial charge in [-0.3, -0.25) is 4.79 Å². The van der Waals surface area contributed by atoms with Gasteiger partial charge in [0.2, 0.25) is 9.70 Å². The Balaban J connectivity index is 2.24. The van der Waals surface area contributed by atoms with Crippen LogP contribution < -0.4 is 5.32 Å². The number of nitrogens with one attached hydrogen (secondary N) is 1. The van der Waals surface area contributed by atoms with E-state index >= 15 is 0 Å². The van der Waals surface area contributed by atoms with Gasteiger partial charge in [0.05, 0.1) is 56.4 Å². The van der Waals surface area contributed by atoms with Gasteiger partial charge in [-0.25, -0.2) is 4.79 Å². The van der Waals surface area contributed by atoms with E-state index in [1.165, 1.54) is 0 Å². The Labute approximate surface area is 589 Å². The lowest BCUT2D eigenvalue weighted by atomic mass is 9.80. The molecule has 3 rings (SSSR count). The fourth-order valence-electron chi connectivity index (χ4n) is 11.9. The Hall–Kier alpha value is -0.830. The van der Waals surface area contributed by atoms with Crippen molar-refractivity contribution in [1.82, 2.24) is 5.32 Å². The molecule has 0 bridgehead atoms. The minimum Gasteiger partial charge on any atom is -0.459 e. The standard InChI is InChI=1S/C72H134Cl3NO19/c1-14-24-34-79-48-59-68(88-40-30-20-7)70(90-42-32-22-9)67(87-39-29-19-6)57(93-59)46-54-64(85-37-27-17-4)55(23-10)94-71(65(54)86-38-28-18-5)95-56-33-43-82-58(47-76-60(77)49-80-44-45-81-50-61(78)91-51-72(73,74)75)66(56)92-53(13)63(84-36-26-16-3)69(89-41-31-21-8)62(52(11)12)83-35-25-15-2/h52-59,62-71H,14-51H2,1-13H3,(H,76,77). The summed E-state index contributed by atoms with van der Waals surface area (Å²) in [4.78, 5) is 25.8. The van der Waals surface area contributed by atoms with Gasteiger partial charge in [0.15, 0.2) is 6.29 Å². The zero-order chi connectivity index (χ0) is 69.6. The number of unbranched alkanes of at least 4 members (excludes halogenated alkanes) is 9. The van der Waals surface area contributed by atoms with Crippen LogP contribution in [0.3, 0.4) is 0 Å². The summed E-state index contributed by atoms with van der Waals surface area (Å²) in [5.41, 5.74) is 0. The molecule has 3 fully saturated rings. The largest absolute Gasteiger partial charge is 0.459 e. The molecule has 23 heteroatoms. The van der Waals surface area contributed by atoms with Gasteiger partial charge in [0.1, 0.15) is 74.8 Å². The van der Waals surface area contributed by atoms with E-state index in [1.807, 2.05) is 6.92 Å². The zero-order valence-electron chi connectivity index (χ0n) is 61.2. The third kappa shape index (κ3) is 34.8. The van der Waals surface area contributed by atoms with Crippen LogP contribution in [0, 0.1) is 11.8 Å². The second-order valence-electron chi connectivity index (χ2n) is 26.1. The molecular weight excluding hydrogens is 1290 g/mol. The number of carbonyl (C=O) groups is 2. The van der Waals surface area contributed by atoms with E-state index in [0.29, 0.717) is 91.9 Å². The van der Waals surface area contributed by atoms with Crippen molar-refractivity contribution in [2.24, 2.45) is 11.8 Å². The van der Waals surface area contributed by atoms with Crippen LogP contribution in [0.4, 0.5) is 0 Å². The van der Waals surface area contributed by atoms with Crippen molar-refractivity contribution in [2.75, 3.05) is 112 Å². The van der Waals surface area contributed by atoms with Gasteiger partial charge in [-0.15, -0.1) is 0 Å². The smallest absolute Gasteiger partial charge is 0.332 e.